The fourth-order valence-corrected chi connectivity index (χ4v) is 9.06. The second kappa shape index (κ2) is 16.5. The van der Waals surface area contributed by atoms with E-state index in [1.807, 2.05) is 12.1 Å². The number of hydrogen-bond acceptors (Lipinski definition) is 4. The number of ether oxygens (including phenoxy) is 2. The number of fused-ring (bicyclic) bond motifs is 5. The molecule has 1 unspecified atom stereocenters. The largest absolute Gasteiger partial charge is 0.508 e. The smallest absolute Gasteiger partial charge is 0.308 e. The number of esters is 1. The maximum Gasteiger partial charge on any atom is 0.308 e. The van der Waals surface area contributed by atoms with E-state index in [0.717, 1.165) is 44.9 Å². The Morgan fingerprint density at radius 2 is 1.57 bits per heavy atom. The Labute approximate surface area is 257 Å². The number of unbranched alkanes of at least 4 members (excludes halogenated alkanes) is 12. The van der Waals surface area contributed by atoms with Crippen molar-refractivity contribution in [3.63, 3.8) is 0 Å². The van der Waals surface area contributed by atoms with Gasteiger partial charge in [-0.1, -0.05) is 110 Å². The topological polar surface area (TPSA) is 55.8 Å². The lowest BCUT2D eigenvalue weighted by Crippen LogP contribution is -2.46. The van der Waals surface area contributed by atoms with E-state index in [-0.39, 0.29) is 23.4 Å². The molecule has 42 heavy (non-hydrogen) atoms. The van der Waals surface area contributed by atoms with E-state index in [2.05, 4.69) is 26.8 Å². The Kier molecular flexibility index (Phi) is 13.1. The standard InChI is InChI=1S/C38H62O4/c1-5-6-7-8-9-10-11-12-13-14-15-16-17-18-28(2)37(40)42-36-22-21-35-34-25-29(27-41-4)33-26-30(39)19-20-31(33)32(34)23-24-38(35,36)3/h19-20,26,28-29,32,34-36,39H,5-18,21-25,27H2,1-4H3/t28?,29-,32+,34+,35-,36-,38-/m0/s1. The predicted octanol–water partition coefficient (Wildman–Crippen LogP) is 10.5. The summed E-state index contributed by atoms with van der Waals surface area (Å²) in [5.74, 6) is 2.41. The molecule has 2 fully saturated rings. The molecule has 3 aliphatic carbocycles. The summed E-state index contributed by atoms with van der Waals surface area (Å²) in [6.07, 6.45) is 24.1. The van der Waals surface area contributed by atoms with Crippen LogP contribution in [0.25, 0.3) is 0 Å². The highest BCUT2D eigenvalue weighted by Crippen LogP contribution is 2.63. The molecular formula is C38H62O4. The van der Waals surface area contributed by atoms with Gasteiger partial charge in [-0.25, -0.2) is 0 Å². The third kappa shape index (κ3) is 8.33. The van der Waals surface area contributed by atoms with E-state index >= 15 is 0 Å². The third-order valence-corrected chi connectivity index (χ3v) is 11.6. The lowest BCUT2D eigenvalue weighted by molar-refractivity contribution is -0.162. The van der Waals surface area contributed by atoms with E-state index in [0.29, 0.717) is 36.0 Å². The van der Waals surface area contributed by atoms with E-state index < -0.39 is 0 Å². The molecule has 4 nitrogen and oxygen atoms in total. The first-order valence-electron chi connectivity index (χ1n) is 17.9. The Morgan fingerprint density at radius 1 is 0.929 bits per heavy atom. The van der Waals surface area contributed by atoms with Crippen molar-refractivity contribution in [2.45, 2.75) is 161 Å². The maximum atomic E-state index is 13.2. The van der Waals surface area contributed by atoms with Gasteiger partial charge >= 0.3 is 5.97 Å². The third-order valence-electron chi connectivity index (χ3n) is 11.6. The minimum atomic E-state index is -0.00276. The van der Waals surface area contributed by atoms with Gasteiger partial charge in [0.05, 0.1) is 12.5 Å². The maximum absolute atomic E-state index is 13.2. The lowest BCUT2D eigenvalue weighted by Gasteiger charge is -2.51. The normalized spacial score (nSPS) is 29.0. The van der Waals surface area contributed by atoms with Crippen molar-refractivity contribution in [1.82, 2.24) is 0 Å². The van der Waals surface area contributed by atoms with Crippen molar-refractivity contribution in [2.24, 2.45) is 23.2 Å². The van der Waals surface area contributed by atoms with Gasteiger partial charge in [0.1, 0.15) is 11.9 Å². The molecule has 0 heterocycles. The summed E-state index contributed by atoms with van der Waals surface area (Å²) in [5.41, 5.74) is 2.77. The SMILES string of the molecule is CCCCCCCCCCCCCCCC(C)C(=O)O[C@H]1CC[C@H]2[C@@H]3C[C@@H](COC)c4cc(O)ccc4[C@H]3CC[C@]12C. The molecule has 0 radical (unpaired) electrons. The van der Waals surface area contributed by atoms with Crippen LogP contribution in [0, 0.1) is 23.2 Å². The number of phenolic OH excluding ortho intramolecular Hbond substituents is 1. The summed E-state index contributed by atoms with van der Waals surface area (Å²) >= 11 is 0. The zero-order valence-electron chi connectivity index (χ0n) is 27.5. The van der Waals surface area contributed by atoms with Crippen molar-refractivity contribution in [3.8, 4) is 5.75 Å². The van der Waals surface area contributed by atoms with Crippen molar-refractivity contribution in [3.05, 3.63) is 29.3 Å². The molecule has 0 aromatic heterocycles. The number of benzene rings is 1. The molecule has 0 spiro atoms. The minimum absolute atomic E-state index is 0.00276. The predicted molar refractivity (Wildman–Crippen MR) is 173 cm³/mol. The monoisotopic (exact) mass is 582 g/mol. The van der Waals surface area contributed by atoms with Crippen LogP contribution in [0.5, 0.6) is 5.75 Å². The quantitative estimate of drug-likeness (QED) is 0.138. The molecule has 1 N–H and O–H groups in total. The second-order valence-corrected chi connectivity index (χ2v) is 14.6. The van der Waals surface area contributed by atoms with E-state index in [1.165, 1.54) is 88.2 Å². The van der Waals surface area contributed by atoms with E-state index in [1.54, 1.807) is 7.11 Å². The summed E-state index contributed by atoms with van der Waals surface area (Å²) in [6.45, 7) is 7.47. The van der Waals surface area contributed by atoms with Gasteiger partial charge in [0.25, 0.3) is 0 Å². The number of hydrogen-bond donors (Lipinski definition) is 1. The highest BCUT2D eigenvalue weighted by atomic mass is 16.5. The number of carbonyl (C=O) groups is 1. The summed E-state index contributed by atoms with van der Waals surface area (Å²) in [6, 6.07) is 6.00. The highest BCUT2D eigenvalue weighted by Gasteiger charge is 2.57. The lowest BCUT2D eigenvalue weighted by atomic mass is 9.54. The molecule has 0 saturated heterocycles. The molecule has 238 valence electrons. The molecule has 0 bridgehead atoms. The Morgan fingerprint density at radius 3 is 2.21 bits per heavy atom. The fraction of sp³-hybridized carbons (Fsp3) is 0.816. The molecule has 2 saturated carbocycles. The Balaban J connectivity index is 1.17. The molecule has 4 heteroatoms. The minimum Gasteiger partial charge on any atom is -0.508 e. The van der Waals surface area contributed by atoms with Crippen molar-refractivity contribution in [2.75, 3.05) is 13.7 Å². The molecule has 1 aromatic rings. The number of methoxy groups -OCH3 is 1. The van der Waals surface area contributed by atoms with Crippen LogP contribution in [0.2, 0.25) is 0 Å². The van der Waals surface area contributed by atoms with Crippen molar-refractivity contribution < 1.29 is 19.4 Å². The number of carbonyl (C=O) groups excluding carboxylic acids is 1. The van der Waals surface area contributed by atoms with E-state index in [9.17, 15) is 9.90 Å². The summed E-state index contributed by atoms with van der Waals surface area (Å²) in [7, 11) is 1.78. The zero-order chi connectivity index (χ0) is 30.0. The van der Waals surface area contributed by atoms with Gasteiger partial charge in [-0.2, -0.15) is 0 Å². The fourth-order valence-electron chi connectivity index (χ4n) is 9.06. The average molecular weight is 583 g/mol. The summed E-state index contributed by atoms with van der Waals surface area (Å²) < 4.78 is 12.0. The molecule has 4 rings (SSSR count). The first-order valence-corrected chi connectivity index (χ1v) is 17.9. The van der Waals surface area contributed by atoms with Gasteiger partial charge in [-0.05, 0) is 79.5 Å². The molecule has 0 amide bonds. The van der Waals surface area contributed by atoms with Crippen LogP contribution in [0.3, 0.4) is 0 Å². The van der Waals surface area contributed by atoms with Crippen LogP contribution >= 0.6 is 0 Å². The van der Waals surface area contributed by atoms with Crippen LogP contribution in [0.15, 0.2) is 18.2 Å². The van der Waals surface area contributed by atoms with Crippen LogP contribution in [0.1, 0.15) is 166 Å². The van der Waals surface area contributed by atoms with Crippen LogP contribution in [-0.4, -0.2) is 30.9 Å². The van der Waals surface area contributed by atoms with Crippen LogP contribution in [0.4, 0.5) is 0 Å². The molecule has 3 aliphatic rings. The summed E-state index contributed by atoms with van der Waals surface area (Å²) in [4.78, 5) is 13.2. The summed E-state index contributed by atoms with van der Waals surface area (Å²) in [5, 5.41) is 10.2. The van der Waals surface area contributed by atoms with Gasteiger partial charge in [0.15, 0.2) is 0 Å². The van der Waals surface area contributed by atoms with Gasteiger partial charge < -0.3 is 14.6 Å². The van der Waals surface area contributed by atoms with Crippen LogP contribution < -0.4 is 0 Å². The Bertz CT molecular complexity index is 958. The van der Waals surface area contributed by atoms with Crippen LogP contribution in [-0.2, 0) is 14.3 Å². The molecule has 1 aromatic carbocycles. The van der Waals surface area contributed by atoms with Gasteiger partial charge in [-0.3, -0.25) is 4.79 Å². The first kappa shape index (κ1) is 33.3. The number of phenols is 1. The number of rotatable bonds is 18. The average Bonchev–Trinajstić information content (AvgIpc) is 3.31. The highest BCUT2D eigenvalue weighted by molar-refractivity contribution is 5.72. The van der Waals surface area contributed by atoms with Crippen molar-refractivity contribution in [1.29, 1.82) is 0 Å². The first-order chi connectivity index (χ1) is 20.4. The number of aromatic hydroxyl groups is 1. The molecular weight excluding hydrogens is 520 g/mol. The van der Waals surface area contributed by atoms with Gasteiger partial charge in [-0.15, -0.1) is 0 Å². The van der Waals surface area contributed by atoms with Gasteiger partial charge in [0, 0.05) is 18.4 Å². The molecule has 0 aliphatic heterocycles. The second-order valence-electron chi connectivity index (χ2n) is 14.6. The van der Waals surface area contributed by atoms with Gasteiger partial charge in [0.2, 0.25) is 0 Å². The molecule has 7 atom stereocenters. The van der Waals surface area contributed by atoms with E-state index in [4.69, 9.17) is 9.47 Å². The zero-order valence-corrected chi connectivity index (χ0v) is 27.5. The van der Waals surface area contributed by atoms with Crippen molar-refractivity contribution >= 4 is 5.97 Å². The Hall–Kier alpha value is -1.55.